The molecule has 0 aliphatic heterocycles. The molecule has 1 unspecified atom stereocenters. The summed E-state index contributed by atoms with van der Waals surface area (Å²) in [5, 5.41) is 3.02. The molecule has 0 saturated carbocycles. The molecule has 1 atom stereocenters. The Morgan fingerprint density at radius 2 is 1.86 bits per heavy atom. The molecular weight excluding hydrogens is 366 g/mol. The number of methoxy groups -OCH3 is 1. The smallest absolute Gasteiger partial charge is 0.258 e. The van der Waals surface area contributed by atoms with E-state index in [4.69, 9.17) is 9.47 Å². The van der Waals surface area contributed by atoms with E-state index in [1.807, 2.05) is 66.3 Å². The van der Waals surface area contributed by atoms with Crippen LogP contribution in [0.3, 0.4) is 0 Å². The third-order valence-corrected chi connectivity index (χ3v) is 4.77. The van der Waals surface area contributed by atoms with Crippen LogP contribution in [0.1, 0.15) is 42.8 Å². The van der Waals surface area contributed by atoms with E-state index in [1.54, 1.807) is 13.3 Å². The van der Waals surface area contributed by atoms with Gasteiger partial charge >= 0.3 is 0 Å². The highest BCUT2D eigenvalue weighted by atomic mass is 16.5. The molecule has 0 bridgehead atoms. The molecule has 0 radical (unpaired) electrons. The highest BCUT2D eigenvalue weighted by Gasteiger charge is 2.21. The fraction of sp³-hybridized carbons (Fsp3) is 0.304. The fourth-order valence-electron chi connectivity index (χ4n) is 3.07. The summed E-state index contributed by atoms with van der Waals surface area (Å²) in [5.41, 5.74) is 2.11. The summed E-state index contributed by atoms with van der Waals surface area (Å²) in [5.74, 6) is 2.34. The number of carbonyl (C=O) groups is 1. The molecule has 3 rings (SSSR count). The minimum absolute atomic E-state index is 0.0775. The van der Waals surface area contributed by atoms with Gasteiger partial charge in [-0.3, -0.25) is 4.79 Å². The lowest BCUT2D eigenvalue weighted by atomic mass is 10.0. The standard InChI is InChI=1S/C23H27N3O3/c1-16(2)17-8-10-19(11-9-17)29-15-21(27)25-22(23-24-12-13-26(23)3)18-6-5-7-20(14-18)28-4/h5-14,16,22H,15H2,1-4H3,(H,25,27). The number of hydrogen-bond acceptors (Lipinski definition) is 4. The van der Waals surface area contributed by atoms with Gasteiger partial charge in [-0.1, -0.05) is 38.1 Å². The van der Waals surface area contributed by atoms with E-state index < -0.39 is 6.04 Å². The van der Waals surface area contributed by atoms with Crippen LogP contribution in [0.4, 0.5) is 0 Å². The number of carbonyl (C=O) groups excluding carboxylic acids is 1. The van der Waals surface area contributed by atoms with Gasteiger partial charge in [0.1, 0.15) is 23.4 Å². The Balaban J connectivity index is 1.72. The number of aromatic nitrogens is 2. The third-order valence-electron chi connectivity index (χ3n) is 4.77. The van der Waals surface area contributed by atoms with Crippen molar-refractivity contribution in [3.8, 4) is 11.5 Å². The van der Waals surface area contributed by atoms with E-state index in [0.29, 0.717) is 11.7 Å². The zero-order valence-corrected chi connectivity index (χ0v) is 17.3. The highest BCUT2D eigenvalue weighted by molar-refractivity contribution is 5.78. The van der Waals surface area contributed by atoms with Crippen molar-refractivity contribution < 1.29 is 14.3 Å². The molecule has 1 aromatic heterocycles. The van der Waals surface area contributed by atoms with Crippen LogP contribution in [0.2, 0.25) is 0 Å². The average molecular weight is 393 g/mol. The van der Waals surface area contributed by atoms with Gasteiger partial charge in [0.25, 0.3) is 5.91 Å². The summed E-state index contributed by atoms with van der Waals surface area (Å²) in [6.07, 6.45) is 3.56. The molecule has 1 heterocycles. The average Bonchev–Trinajstić information content (AvgIpc) is 3.16. The number of amides is 1. The van der Waals surface area contributed by atoms with E-state index in [9.17, 15) is 4.79 Å². The van der Waals surface area contributed by atoms with Gasteiger partial charge in [-0.25, -0.2) is 4.98 Å². The second-order valence-electron chi connectivity index (χ2n) is 7.19. The lowest BCUT2D eigenvalue weighted by Gasteiger charge is -2.20. The van der Waals surface area contributed by atoms with Crippen LogP contribution >= 0.6 is 0 Å². The summed E-state index contributed by atoms with van der Waals surface area (Å²) in [7, 11) is 3.51. The minimum atomic E-state index is -0.412. The zero-order valence-electron chi connectivity index (χ0n) is 17.3. The maximum absolute atomic E-state index is 12.6. The highest BCUT2D eigenvalue weighted by Crippen LogP contribution is 2.24. The van der Waals surface area contributed by atoms with Crippen LogP contribution in [0.25, 0.3) is 0 Å². The van der Waals surface area contributed by atoms with Gasteiger partial charge in [0.05, 0.1) is 7.11 Å². The molecule has 2 aromatic carbocycles. The first kappa shape index (κ1) is 20.5. The first-order valence-electron chi connectivity index (χ1n) is 9.61. The van der Waals surface area contributed by atoms with E-state index in [0.717, 1.165) is 17.1 Å². The number of benzene rings is 2. The predicted octanol–water partition coefficient (Wildman–Crippen LogP) is 3.84. The van der Waals surface area contributed by atoms with Crippen LogP contribution in [-0.2, 0) is 11.8 Å². The van der Waals surface area contributed by atoms with Crippen molar-refractivity contribution >= 4 is 5.91 Å². The summed E-state index contributed by atoms with van der Waals surface area (Å²) >= 11 is 0. The molecular formula is C23H27N3O3. The second kappa shape index (κ2) is 9.28. The number of imidazole rings is 1. The van der Waals surface area contributed by atoms with Gasteiger partial charge in [0.15, 0.2) is 6.61 Å². The van der Waals surface area contributed by atoms with Gasteiger partial charge in [0, 0.05) is 19.4 Å². The normalized spacial score (nSPS) is 11.9. The molecule has 0 spiro atoms. The van der Waals surface area contributed by atoms with Gasteiger partial charge < -0.3 is 19.4 Å². The van der Waals surface area contributed by atoms with Crippen molar-refractivity contribution in [1.29, 1.82) is 0 Å². The van der Waals surface area contributed by atoms with Crippen LogP contribution < -0.4 is 14.8 Å². The number of nitrogens with one attached hydrogen (secondary N) is 1. The van der Waals surface area contributed by atoms with E-state index in [2.05, 4.69) is 24.1 Å². The van der Waals surface area contributed by atoms with E-state index >= 15 is 0 Å². The first-order chi connectivity index (χ1) is 14.0. The minimum Gasteiger partial charge on any atom is -0.497 e. The largest absolute Gasteiger partial charge is 0.497 e. The quantitative estimate of drug-likeness (QED) is 0.632. The van der Waals surface area contributed by atoms with Crippen LogP contribution in [0, 0.1) is 0 Å². The van der Waals surface area contributed by atoms with Crippen molar-refractivity contribution in [2.45, 2.75) is 25.8 Å². The zero-order chi connectivity index (χ0) is 20.8. The summed E-state index contributed by atoms with van der Waals surface area (Å²) in [6, 6.07) is 15.0. The molecule has 1 N–H and O–H groups in total. The van der Waals surface area contributed by atoms with Gasteiger partial charge in [-0.2, -0.15) is 0 Å². The molecule has 0 fully saturated rings. The first-order valence-corrected chi connectivity index (χ1v) is 9.61. The number of aryl methyl sites for hydroxylation is 1. The summed E-state index contributed by atoms with van der Waals surface area (Å²) in [4.78, 5) is 17.0. The monoisotopic (exact) mass is 393 g/mol. The van der Waals surface area contributed by atoms with E-state index in [-0.39, 0.29) is 12.5 Å². The molecule has 152 valence electrons. The maximum atomic E-state index is 12.6. The van der Waals surface area contributed by atoms with Crippen molar-refractivity contribution in [3.05, 3.63) is 77.9 Å². The van der Waals surface area contributed by atoms with Crippen LogP contribution in [0.15, 0.2) is 60.9 Å². The third kappa shape index (κ3) is 5.16. The second-order valence-corrected chi connectivity index (χ2v) is 7.19. The molecule has 6 nitrogen and oxygen atoms in total. The van der Waals surface area contributed by atoms with Crippen molar-refractivity contribution in [1.82, 2.24) is 14.9 Å². The lowest BCUT2D eigenvalue weighted by molar-refractivity contribution is -0.123. The molecule has 29 heavy (non-hydrogen) atoms. The van der Waals surface area contributed by atoms with Gasteiger partial charge in [0.2, 0.25) is 0 Å². The Labute approximate surface area is 171 Å². The number of ether oxygens (including phenoxy) is 2. The Bertz CT molecular complexity index is 948. The van der Waals surface area contributed by atoms with Gasteiger partial charge in [-0.05, 0) is 41.3 Å². The molecule has 1 amide bonds. The fourth-order valence-corrected chi connectivity index (χ4v) is 3.07. The Kier molecular flexibility index (Phi) is 6.54. The Morgan fingerprint density at radius 3 is 2.48 bits per heavy atom. The molecule has 0 aliphatic carbocycles. The van der Waals surface area contributed by atoms with Gasteiger partial charge in [-0.15, -0.1) is 0 Å². The number of nitrogens with zero attached hydrogens (tertiary/aromatic N) is 2. The topological polar surface area (TPSA) is 65.4 Å². The maximum Gasteiger partial charge on any atom is 0.258 e. The summed E-state index contributed by atoms with van der Waals surface area (Å²) < 4.78 is 12.9. The van der Waals surface area contributed by atoms with Crippen LogP contribution in [-0.4, -0.2) is 29.2 Å². The molecule has 6 heteroatoms. The predicted molar refractivity (Wildman–Crippen MR) is 112 cm³/mol. The van der Waals surface area contributed by atoms with Crippen molar-refractivity contribution in [2.75, 3.05) is 13.7 Å². The number of rotatable bonds is 8. The lowest BCUT2D eigenvalue weighted by Crippen LogP contribution is -2.34. The van der Waals surface area contributed by atoms with Crippen molar-refractivity contribution in [2.24, 2.45) is 7.05 Å². The Hall–Kier alpha value is -3.28. The van der Waals surface area contributed by atoms with Crippen molar-refractivity contribution in [3.63, 3.8) is 0 Å². The van der Waals surface area contributed by atoms with Crippen LogP contribution in [0.5, 0.6) is 11.5 Å². The SMILES string of the molecule is COc1cccc(C(NC(=O)COc2ccc(C(C)C)cc2)c2nccn2C)c1. The molecule has 0 aliphatic rings. The molecule has 0 saturated heterocycles. The summed E-state index contributed by atoms with van der Waals surface area (Å²) in [6.45, 7) is 4.20. The molecule has 3 aromatic rings. The van der Waals surface area contributed by atoms with E-state index in [1.165, 1.54) is 5.56 Å². The number of hydrogen-bond donors (Lipinski definition) is 1. The Morgan fingerprint density at radius 1 is 1.10 bits per heavy atom.